The second-order valence-corrected chi connectivity index (χ2v) is 15.9. The van der Waals surface area contributed by atoms with E-state index in [-0.39, 0.29) is 0 Å². The fraction of sp³-hybridized carbons (Fsp3) is 0. The Hall–Kier alpha value is -4.98. The molecule has 5 aromatic carbocycles. The lowest BCUT2D eigenvalue weighted by molar-refractivity contribution is 1.38. The summed E-state index contributed by atoms with van der Waals surface area (Å²) in [6.07, 6.45) is 0. The summed E-state index contributed by atoms with van der Waals surface area (Å²) in [5, 5.41) is 23.6. The molecule has 6 heterocycles. The molecule has 0 N–H and O–H groups in total. The fourth-order valence-corrected chi connectivity index (χ4v) is 10.5. The maximum atomic E-state index is 5.54. The highest BCUT2D eigenvalue weighted by molar-refractivity contribution is 7.14. The average Bonchev–Trinajstić information content (AvgIpc) is 3.98. The van der Waals surface area contributed by atoms with Gasteiger partial charge in [-0.3, -0.25) is 0 Å². The molecule has 11 rings (SSSR count). The van der Waals surface area contributed by atoms with Gasteiger partial charge in [0.2, 0.25) is 0 Å². The number of thiophene rings is 4. The smallest absolute Gasteiger partial charge is 0.0894 e. The van der Waals surface area contributed by atoms with Gasteiger partial charge in [0.15, 0.2) is 0 Å². The predicted molar refractivity (Wildman–Crippen MR) is 212 cm³/mol. The lowest BCUT2D eigenvalue weighted by Crippen LogP contribution is -1.97. The van der Waals surface area contributed by atoms with Crippen LogP contribution in [0.5, 0.6) is 0 Å². The van der Waals surface area contributed by atoms with Crippen LogP contribution < -0.4 is 0 Å². The molecule has 0 amide bonds. The maximum Gasteiger partial charge on any atom is 0.0894 e. The molecule has 0 unspecified atom stereocenters. The maximum absolute atomic E-state index is 5.54. The Balaban J connectivity index is 1.47. The van der Waals surface area contributed by atoms with Crippen LogP contribution in [0.2, 0.25) is 0 Å². The number of benzene rings is 5. The minimum absolute atomic E-state index is 1.02. The molecule has 0 spiro atoms. The molecule has 0 aliphatic heterocycles. The van der Waals surface area contributed by atoms with Gasteiger partial charge in [0.05, 0.1) is 42.3 Å². The Morgan fingerprint density at radius 1 is 0.333 bits per heavy atom. The molecule has 0 aliphatic carbocycles. The van der Waals surface area contributed by atoms with Gasteiger partial charge in [0, 0.05) is 21.5 Å². The van der Waals surface area contributed by atoms with Crippen molar-refractivity contribution in [2.45, 2.75) is 0 Å². The van der Waals surface area contributed by atoms with Gasteiger partial charge in [-0.1, -0.05) is 66.7 Å². The number of aromatic nitrogens is 2. The Kier molecular flexibility index (Phi) is 5.77. The summed E-state index contributed by atoms with van der Waals surface area (Å²) in [6, 6.07) is 40.2. The van der Waals surface area contributed by atoms with E-state index in [9.17, 15) is 0 Å². The van der Waals surface area contributed by atoms with Crippen LogP contribution in [0.4, 0.5) is 0 Å². The van der Waals surface area contributed by atoms with Crippen molar-refractivity contribution in [1.82, 2.24) is 9.97 Å². The van der Waals surface area contributed by atoms with Crippen molar-refractivity contribution in [3.8, 4) is 42.3 Å². The van der Waals surface area contributed by atoms with E-state index in [2.05, 4.69) is 131 Å². The first-order valence-electron chi connectivity index (χ1n) is 15.8. The molecule has 0 radical (unpaired) electrons. The normalized spacial score (nSPS) is 12.2. The fourth-order valence-electron chi connectivity index (χ4n) is 7.64. The number of rotatable bonds is 4. The molecule has 48 heavy (non-hydrogen) atoms. The number of hydrogen-bond acceptors (Lipinski definition) is 6. The molecule has 6 heteroatoms. The van der Waals surface area contributed by atoms with Crippen molar-refractivity contribution in [2.24, 2.45) is 0 Å². The van der Waals surface area contributed by atoms with Crippen molar-refractivity contribution in [2.75, 3.05) is 0 Å². The van der Waals surface area contributed by atoms with Gasteiger partial charge in [0.1, 0.15) is 0 Å². The standard InChI is InChI=1S/C42H22N2S4/c1-2-9-24-23(8-1)20-30-38-27(24)21-29-28(22-31(32-12-4-16-45-32)43-41(29)34-14-6-18-47-34)37(38)25-10-3-11-26-36(25)39(30)42(35-15-7-19-48-35)44-40(26)33-13-5-17-46-33/h1-22H. The van der Waals surface area contributed by atoms with Crippen molar-refractivity contribution in [3.63, 3.8) is 0 Å². The minimum atomic E-state index is 1.02. The third-order valence-corrected chi connectivity index (χ3v) is 13.1. The zero-order valence-corrected chi connectivity index (χ0v) is 28.5. The first-order valence-corrected chi connectivity index (χ1v) is 19.3. The molecule has 2 nitrogen and oxygen atoms in total. The molecule has 0 atom stereocenters. The summed E-state index contributed by atoms with van der Waals surface area (Å²) < 4.78 is 0. The minimum Gasteiger partial charge on any atom is -0.245 e. The summed E-state index contributed by atoms with van der Waals surface area (Å²) in [6.45, 7) is 0. The van der Waals surface area contributed by atoms with Gasteiger partial charge < -0.3 is 0 Å². The van der Waals surface area contributed by atoms with Crippen LogP contribution in [0.15, 0.2) is 131 Å². The van der Waals surface area contributed by atoms with E-state index in [1.165, 1.54) is 84.1 Å². The number of fused-ring (bicyclic) bond motifs is 6. The van der Waals surface area contributed by atoms with Crippen LogP contribution in [-0.2, 0) is 0 Å². The molecular formula is C42H22N2S4. The Morgan fingerprint density at radius 3 is 1.60 bits per heavy atom. The van der Waals surface area contributed by atoms with E-state index in [1.54, 1.807) is 45.3 Å². The Labute approximate surface area is 291 Å². The first-order chi connectivity index (χ1) is 23.8. The lowest BCUT2D eigenvalue weighted by atomic mass is 9.84. The molecular weight excluding hydrogens is 661 g/mol. The van der Waals surface area contributed by atoms with Gasteiger partial charge in [-0.2, -0.15) is 0 Å². The molecule has 0 saturated heterocycles. The number of hydrogen-bond donors (Lipinski definition) is 0. The van der Waals surface area contributed by atoms with Crippen LogP contribution in [0.25, 0.3) is 107 Å². The topological polar surface area (TPSA) is 25.8 Å². The lowest BCUT2D eigenvalue weighted by Gasteiger charge is -2.21. The molecule has 0 aliphatic rings. The van der Waals surface area contributed by atoms with Crippen LogP contribution in [-0.4, -0.2) is 9.97 Å². The van der Waals surface area contributed by atoms with Gasteiger partial charge in [-0.25, -0.2) is 9.97 Å². The predicted octanol–water partition coefficient (Wildman–Crippen LogP) is 13.7. The van der Waals surface area contributed by atoms with Crippen LogP contribution in [0.1, 0.15) is 0 Å². The van der Waals surface area contributed by atoms with E-state index in [4.69, 9.17) is 9.97 Å². The summed E-state index contributed by atoms with van der Waals surface area (Å²) in [7, 11) is 0. The number of pyridine rings is 2. The van der Waals surface area contributed by atoms with E-state index in [0.717, 1.165) is 22.8 Å². The van der Waals surface area contributed by atoms with E-state index in [0.29, 0.717) is 0 Å². The van der Waals surface area contributed by atoms with Gasteiger partial charge in [0.25, 0.3) is 0 Å². The first kappa shape index (κ1) is 27.0. The van der Waals surface area contributed by atoms with Crippen LogP contribution in [0, 0.1) is 0 Å². The van der Waals surface area contributed by atoms with Crippen molar-refractivity contribution in [3.05, 3.63) is 131 Å². The van der Waals surface area contributed by atoms with Gasteiger partial charge >= 0.3 is 0 Å². The van der Waals surface area contributed by atoms with Crippen LogP contribution in [0.3, 0.4) is 0 Å². The highest BCUT2D eigenvalue weighted by Gasteiger charge is 2.25. The molecule has 6 aromatic heterocycles. The monoisotopic (exact) mass is 682 g/mol. The highest BCUT2D eigenvalue weighted by atomic mass is 32.1. The summed E-state index contributed by atoms with van der Waals surface area (Å²) in [5.74, 6) is 0. The van der Waals surface area contributed by atoms with Crippen molar-refractivity contribution in [1.29, 1.82) is 0 Å². The van der Waals surface area contributed by atoms with E-state index < -0.39 is 0 Å². The summed E-state index contributed by atoms with van der Waals surface area (Å²) in [4.78, 5) is 15.7. The summed E-state index contributed by atoms with van der Waals surface area (Å²) >= 11 is 7.02. The van der Waals surface area contributed by atoms with Crippen molar-refractivity contribution >= 4 is 110 Å². The molecule has 224 valence electrons. The molecule has 11 aromatic rings. The molecule has 0 fully saturated rings. The Morgan fingerprint density at radius 2 is 0.896 bits per heavy atom. The third-order valence-electron chi connectivity index (χ3n) is 9.56. The quantitative estimate of drug-likeness (QED) is 0.136. The van der Waals surface area contributed by atoms with Crippen molar-refractivity contribution < 1.29 is 0 Å². The zero-order valence-electron chi connectivity index (χ0n) is 25.2. The largest absolute Gasteiger partial charge is 0.245 e. The van der Waals surface area contributed by atoms with E-state index in [1.807, 2.05) is 0 Å². The highest BCUT2D eigenvalue weighted by Crippen LogP contribution is 2.51. The zero-order chi connectivity index (χ0) is 31.3. The Bertz CT molecular complexity index is 2970. The summed E-state index contributed by atoms with van der Waals surface area (Å²) in [5.41, 5.74) is 4.17. The SMILES string of the molecule is c1csc(-c2cc3c(cc4c5ccccc5cc5c6c(-c7cccs7)nc(-c7cccs7)c7cccc(c76)c3c45)c(-c3cccs3)n2)c1. The number of nitrogens with zero attached hydrogens (tertiary/aromatic N) is 2. The van der Waals surface area contributed by atoms with Gasteiger partial charge in [-0.15, -0.1) is 45.3 Å². The molecule has 0 bridgehead atoms. The second-order valence-electron chi connectivity index (χ2n) is 12.1. The second kappa shape index (κ2) is 10.3. The average molecular weight is 683 g/mol. The van der Waals surface area contributed by atoms with E-state index >= 15 is 0 Å². The van der Waals surface area contributed by atoms with Crippen LogP contribution >= 0.6 is 45.3 Å². The third kappa shape index (κ3) is 3.77. The van der Waals surface area contributed by atoms with Gasteiger partial charge in [-0.05, 0) is 107 Å². The molecule has 0 saturated carbocycles.